The first kappa shape index (κ1) is 13.9. The number of amides is 1. The molecule has 102 valence electrons. The van der Waals surface area contributed by atoms with Gasteiger partial charge in [-0.25, -0.2) is 4.79 Å². The lowest BCUT2D eigenvalue weighted by Gasteiger charge is -2.25. The van der Waals surface area contributed by atoms with Crippen molar-refractivity contribution in [3.63, 3.8) is 0 Å². The van der Waals surface area contributed by atoms with Crippen molar-refractivity contribution >= 4 is 27.8 Å². The summed E-state index contributed by atoms with van der Waals surface area (Å²) in [5.41, 5.74) is 0.494. The molecular weight excluding hydrogens is 314 g/mol. The summed E-state index contributed by atoms with van der Waals surface area (Å²) in [6.45, 7) is 0.432. The number of nitrogens with zero attached hydrogens (tertiary/aromatic N) is 1. The van der Waals surface area contributed by atoms with E-state index in [9.17, 15) is 19.8 Å². The molecule has 1 aliphatic heterocycles. The highest BCUT2D eigenvalue weighted by atomic mass is 79.9. The summed E-state index contributed by atoms with van der Waals surface area (Å²) in [6.07, 6.45) is 0.368. The van der Waals surface area contributed by atoms with Gasteiger partial charge < -0.3 is 15.1 Å². The van der Waals surface area contributed by atoms with E-state index in [0.717, 1.165) is 0 Å². The first-order chi connectivity index (χ1) is 9.02. The number of benzene rings is 1. The van der Waals surface area contributed by atoms with Crippen molar-refractivity contribution in [1.29, 1.82) is 0 Å². The Morgan fingerprint density at radius 1 is 1.42 bits per heavy atom. The molecule has 0 bridgehead atoms. The molecule has 1 aromatic carbocycles. The zero-order valence-electron chi connectivity index (χ0n) is 10.1. The molecule has 6 heteroatoms. The van der Waals surface area contributed by atoms with Gasteiger partial charge in [0, 0.05) is 18.3 Å². The van der Waals surface area contributed by atoms with Crippen molar-refractivity contribution in [2.75, 3.05) is 11.9 Å². The summed E-state index contributed by atoms with van der Waals surface area (Å²) in [5.74, 6) is -0.996. The number of phenolic OH excluding ortho intramolecular Hbond substituents is 1. The van der Waals surface area contributed by atoms with E-state index in [1.54, 1.807) is 0 Å². The Kier molecular flexibility index (Phi) is 4.09. The Balaban J connectivity index is 2.28. The van der Waals surface area contributed by atoms with Gasteiger partial charge in [-0.15, -0.1) is 0 Å². The first-order valence-corrected chi connectivity index (χ1v) is 7.02. The Labute approximate surface area is 119 Å². The Morgan fingerprint density at radius 2 is 2.05 bits per heavy atom. The summed E-state index contributed by atoms with van der Waals surface area (Å²) in [7, 11) is 0. The standard InChI is InChI=1S/C13H14BrNO4/c14-6-8-5-11(17)15(7-8)12(13(18)19)9-1-3-10(16)4-2-9/h1-4,8,12,16H,5-7H2,(H,18,19). The number of aliphatic carboxylic acids is 1. The zero-order chi connectivity index (χ0) is 14.0. The van der Waals surface area contributed by atoms with Crippen LogP contribution in [0.25, 0.3) is 0 Å². The van der Waals surface area contributed by atoms with Crippen LogP contribution in [0.1, 0.15) is 18.0 Å². The predicted molar refractivity (Wildman–Crippen MR) is 72.1 cm³/mol. The van der Waals surface area contributed by atoms with Gasteiger partial charge in [0.2, 0.25) is 5.91 Å². The minimum Gasteiger partial charge on any atom is -0.508 e. The van der Waals surface area contributed by atoms with Crippen LogP contribution in [0, 0.1) is 5.92 Å². The lowest BCUT2D eigenvalue weighted by molar-refractivity contribution is -0.148. The Bertz CT molecular complexity index is 488. The topological polar surface area (TPSA) is 77.8 Å². The van der Waals surface area contributed by atoms with Crippen molar-refractivity contribution in [2.45, 2.75) is 12.5 Å². The van der Waals surface area contributed by atoms with Gasteiger partial charge in [0.15, 0.2) is 6.04 Å². The fourth-order valence-corrected chi connectivity index (χ4v) is 2.71. The molecule has 0 radical (unpaired) electrons. The van der Waals surface area contributed by atoms with Crippen molar-refractivity contribution in [3.05, 3.63) is 29.8 Å². The molecule has 1 aliphatic rings. The maximum atomic E-state index is 11.9. The Hall–Kier alpha value is -1.56. The SMILES string of the molecule is O=C(O)C(c1ccc(O)cc1)N1CC(CBr)CC1=O. The van der Waals surface area contributed by atoms with Gasteiger partial charge in [-0.3, -0.25) is 4.79 Å². The molecule has 2 rings (SSSR count). The molecule has 2 N–H and O–H groups in total. The summed E-state index contributed by atoms with van der Waals surface area (Å²) < 4.78 is 0. The average Bonchev–Trinajstić information content (AvgIpc) is 2.73. The maximum absolute atomic E-state index is 11.9. The molecule has 0 saturated carbocycles. The number of halogens is 1. The van der Waals surface area contributed by atoms with E-state index in [1.165, 1.54) is 29.2 Å². The van der Waals surface area contributed by atoms with Crippen LogP contribution in [0.2, 0.25) is 0 Å². The lowest BCUT2D eigenvalue weighted by Crippen LogP contribution is -2.35. The fourth-order valence-electron chi connectivity index (χ4n) is 2.27. The van der Waals surface area contributed by atoms with Crippen LogP contribution in [0.15, 0.2) is 24.3 Å². The molecule has 1 fully saturated rings. The second kappa shape index (κ2) is 5.61. The van der Waals surface area contributed by atoms with Crippen LogP contribution in [-0.2, 0) is 9.59 Å². The van der Waals surface area contributed by atoms with E-state index in [2.05, 4.69) is 15.9 Å². The monoisotopic (exact) mass is 327 g/mol. The number of hydrogen-bond donors (Lipinski definition) is 2. The molecule has 1 amide bonds. The minimum absolute atomic E-state index is 0.0685. The average molecular weight is 328 g/mol. The highest BCUT2D eigenvalue weighted by Crippen LogP contribution is 2.30. The molecular formula is C13H14BrNO4. The van der Waals surface area contributed by atoms with Gasteiger partial charge in [0.25, 0.3) is 0 Å². The van der Waals surface area contributed by atoms with E-state index in [-0.39, 0.29) is 17.6 Å². The molecule has 19 heavy (non-hydrogen) atoms. The summed E-state index contributed by atoms with van der Waals surface area (Å²) in [4.78, 5) is 24.8. The molecule has 0 aliphatic carbocycles. The highest BCUT2D eigenvalue weighted by Gasteiger charge is 2.38. The largest absolute Gasteiger partial charge is 0.508 e. The maximum Gasteiger partial charge on any atom is 0.331 e. The van der Waals surface area contributed by atoms with E-state index in [1.807, 2.05) is 0 Å². The van der Waals surface area contributed by atoms with Crippen LogP contribution in [0.5, 0.6) is 5.75 Å². The third-order valence-electron chi connectivity index (χ3n) is 3.21. The van der Waals surface area contributed by atoms with E-state index in [0.29, 0.717) is 23.9 Å². The number of phenols is 1. The predicted octanol–water partition coefficient (Wildman–Crippen LogP) is 1.76. The molecule has 2 atom stereocenters. The number of carboxylic acid groups (broad SMARTS) is 1. The Morgan fingerprint density at radius 3 is 2.53 bits per heavy atom. The van der Waals surface area contributed by atoms with Gasteiger partial charge in [0.1, 0.15) is 5.75 Å². The normalized spacial score (nSPS) is 20.6. The minimum atomic E-state index is -1.06. The zero-order valence-corrected chi connectivity index (χ0v) is 11.7. The number of carbonyl (C=O) groups excluding carboxylic acids is 1. The van der Waals surface area contributed by atoms with Crippen molar-refractivity contribution in [2.24, 2.45) is 5.92 Å². The van der Waals surface area contributed by atoms with Gasteiger partial charge in [-0.2, -0.15) is 0 Å². The van der Waals surface area contributed by atoms with E-state index < -0.39 is 12.0 Å². The summed E-state index contributed by atoms with van der Waals surface area (Å²) in [6, 6.07) is 4.92. The van der Waals surface area contributed by atoms with E-state index in [4.69, 9.17) is 0 Å². The van der Waals surface area contributed by atoms with Crippen molar-refractivity contribution in [3.8, 4) is 5.75 Å². The van der Waals surface area contributed by atoms with Crippen LogP contribution in [0.4, 0.5) is 0 Å². The van der Waals surface area contributed by atoms with Gasteiger partial charge in [-0.1, -0.05) is 28.1 Å². The van der Waals surface area contributed by atoms with Gasteiger partial charge in [0.05, 0.1) is 0 Å². The van der Waals surface area contributed by atoms with Crippen LogP contribution in [-0.4, -0.2) is 38.9 Å². The third kappa shape index (κ3) is 2.89. The molecule has 1 saturated heterocycles. The molecule has 1 aromatic rings. The highest BCUT2D eigenvalue weighted by molar-refractivity contribution is 9.09. The second-order valence-corrected chi connectivity index (χ2v) is 5.25. The van der Waals surface area contributed by atoms with Crippen LogP contribution < -0.4 is 0 Å². The lowest BCUT2D eigenvalue weighted by atomic mass is 10.1. The smallest absolute Gasteiger partial charge is 0.331 e. The number of carbonyl (C=O) groups is 2. The van der Waals surface area contributed by atoms with Crippen LogP contribution in [0.3, 0.4) is 0 Å². The number of alkyl halides is 1. The number of aromatic hydroxyl groups is 1. The summed E-state index contributed by atoms with van der Waals surface area (Å²) >= 11 is 3.32. The number of rotatable bonds is 4. The number of carboxylic acids is 1. The van der Waals surface area contributed by atoms with Crippen molar-refractivity contribution in [1.82, 2.24) is 4.90 Å². The van der Waals surface area contributed by atoms with Crippen LogP contribution >= 0.6 is 15.9 Å². The van der Waals surface area contributed by atoms with Gasteiger partial charge in [-0.05, 0) is 23.6 Å². The fraction of sp³-hybridized carbons (Fsp3) is 0.385. The van der Waals surface area contributed by atoms with E-state index >= 15 is 0 Å². The molecule has 1 heterocycles. The molecule has 2 unspecified atom stereocenters. The molecule has 0 aromatic heterocycles. The first-order valence-electron chi connectivity index (χ1n) is 5.90. The molecule has 5 nitrogen and oxygen atoms in total. The third-order valence-corrected chi connectivity index (χ3v) is 4.13. The van der Waals surface area contributed by atoms with Gasteiger partial charge >= 0.3 is 5.97 Å². The van der Waals surface area contributed by atoms with Crippen molar-refractivity contribution < 1.29 is 19.8 Å². The quantitative estimate of drug-likeness (QED) is 0.826. The molecule has 0 spiro atoms. The second-order valence-electron chi connectivity index (χ2n) is 4.60. The summed E-state index contributed by atoms with van der Waals surface area (Å²) in [5, 5.41) is 19.3. The number of likely N-dealkylation sites (tertiary alicyclic amines) is 1. The number of hydrogen-bond acceptors (Lipinski definition) is 3.